The molecule has 7 nitrogen and oxygen atoms in total. The molecule has 31 heavy (non-hydrogen) atoms. The Balaban J connectivity index is 1.51. The number of carbonyl (C=O) groups excluding carboxylic acids is 2. The molecule has 4 rings (SSSR count). The first kappa shape index (κ1) is 20.5. The second-order valence-electron chi connectivity index (χ2n) is 6.52. The fraction of sp³-hybridized carbons (Fsp3) is 0.130. The monoisotopic (exact) mass is 433 g/mol. The zero-order valence-electron chi connectivity index (χ0n) is 16.7. The summed E-state index contributed by atoms with van der Waals surface area (Å²) < 4.78 is 10.6. The number of benzene rings is 2. The largest absolute Gasteiger partial charge is 0.462 e. The highest BCUT2D eigenvalue weighted by molar-refractivity contribution is 7.18. The van der Waals surface area contributed by atoms with Gasteiger partial charge in [-0.1, -0.05) is 59.9 Å². The van der Waals surface area contributed by atoms with E-state index >= 15 is 0 Å². The van der Waals surface area contributed by atoms with E-state index < -0.39 is 5.97 Å². The maximum atomic E-state index is 12.5. The van der Waals surface area contributed by atoms with Gasteiger partial charge in [-0.3, -0.25) is 4.79 Å². The van der Waals surface area contributed by atoms with E-state index in [1.165, 1.54) is 6.26 Å². The maximum absolute atomic E-state index is 12.5. The molecule has 0 atom stereocenters. The highest BCUT2D eigenvalue weighted by atomic mass is 32.1. The summed E-state index contributed by atoms with van der Waals surface area (Å²) in [6.45, 7) is 1.99. The van der Waals surface area contributed by atoms with Crippen molar-refractivity contribution >= 4 is 28.3 Å². The van der Waals surface area contributed by atoms with Crippen molar-refractivity contribution < 1.29 is 18.7 Å². The number of aromatic nitrogens is 2. The third-order valence-electron chi connectivity index (χ3n) is 4.30. The van der Waals surface area contributed by atoms with E-state index in [1.807, 2.05) is 60.7 Å². The number of nitrogens with one attached hydrogen (secondary N) is 1. The van der Waals surface area contributed by atoms with Crippen molar-refractivity contribution in [2.45, 2.75) is 13.3 Å². The molecule has 0 saturated heterocycles. The van der Waals surface area contributed by atoms with Crippen molar-refractivity contribution in [2.24, 2.45) is 0 Å². The number of hydrogen-bond acceptors (Lipinski definition) is 7. The molecule has 0 aliphatic rings. The normalized spacial score (nSPS) is 10.6. The number of oxazole rings is 1. The van der Waals surface area contributed by atoms with E-state index in [4.69, 9.17) is 9.15 Å². The summed E-state index contributed by atoms with van der Waals surface area (Å²) in [7, 11) is 0. The van der Waals surface area contributed by atoms with E-state index in [1.54, 1.807) is 6.92 Å². The van der Waals surface area contributed by atoms with Crippen molar-refractivity contribution in [1.29, 1.82) is 0 Å². The minimum Gasteiger partial charge on any atom is -0.462 e. The van der Waals surface area contributed by atoms with E-state index in [2.05, 4.69) is 15.3 Å². The van der Waals surface area contributed by atoms with Crippen LogP contribution in [0.1, 0.15) is 22.3 Å². The van der Waals surface area contributed by atoms with Gasteiger partial charge in [0.05, 0.1) is 24.4 Å². The van der Waals surface area contributed by atoms with Gasteiger partial charge in [0.1, 0.15) is 11.1 Å². The van der Waals surface area contributed by atoms with Gasteiger partial charge in [0, 0.05) is 11.1 Å². The molecule has 2 heterocycles. The number of carbonyl (C=O) groups is 2. The lowest BCUT2D eigenvalue weighted by atomic mass is 10.1. The average Bonchev–Trinajstić information content (AvgIpc) is 3.42. The SMILES string of the molecule is CCOC(=O)c1sc(NC(=O)Cc2coc(-c3ccccc3)n2)nc1-c1ccccc1. The van der Waals surface area contributed by atoms with Gasteiger partial charge in [0.2, 0.25) is 11.8 Å². The van der Waals surface area contributed by atoms with Crippen LogP contribution < -0.4 is 5.32 Å². The Labute approximate surface area is 182 Å². The lowest BCUT2D eigenvalue weighted by Gasteiger charge is -2.01. The van der Waals surface area contributed by atoms with Crippen LogP contribution in [0.25, 0.3) is 22.7 Å². The molecule has 0 radical (unpaired) electrons. The highest BCUT2D eigenvalue weighted by Crippen LogP contribution is 2.32. The van der Waals surface area contributed by atoms with Crippen LogP contribution in [0.15, 0.2) is 71.3 Å². The Morgan fingerprint density at radius 2 is 1.68 bits per heavy atom. The van der Waals surface area contributed by atoms with Crippen LogP contribution >= 0.6 is 11.3 Å². The molecule has 0 saturated carbocycles. The summed E-state index contributed by atoms with van der Waals surface area (Å²) in [6.07, 6.45) is 1.48. The van der Waals surface area contributed by atoms with Crippen molar-refractivity contribution in [2.75, 3.05) is 11.9 Å². The van der Waals surface area contributed by atoms with Crippen LogP contribution in [0.5, 0.6) is 0 Å². The van der Waals surface area contributed by atoms with Crippen molar-refractivity contribution in [3.63, 3.8) is 0 Å². The lowest BCUT2D eigenvalue weighted by molar-refractivity contribution is -0.115. The van der Waals surface area contributed by atoms with Gasteiger partial charge in [-0.05, 0) is 19.1 Å². The van der Waals surface area contributed by atoms with Crippen LogP contribution in [0.4, 0.5) is 5.13 Å². The molecule has 0 fully saturated rings. The number of ether oxygens (including phenoxy) is 1. The molecule has 0 aliphatic heterocycles. The Kier molecular flexibility index (Phi) is 6.18. The molecule has 1 N–H and O–H groups in total. The highest BCUT2D eigenvalue weighted by Gasteiger charge is 2.22. The zero-order valence-corrected chi connectivity index (χ0v) is 17.5. The molecule has 4 aromatic rings. The van der Waals surface area contributed by atoms with Crippen LogP contribution in [0.3, 0.4) is 0 Å². The molecule has 0 bridgehead atoms. The number of amides is 1. The Morgan fingerprint density at radius 1 is 1.00 bits per heavy atom. The van der Waals surface area contributed by atoms with Crippen molar-refractivity contribution in [3.05, 3.63) is 77.5 Å². The standard InChI is InChI=1S/C23H19N3O4S/c1-2-29-22(28)20-19(15-9-5-3-6-10-15)26-23(31-20)25-18(27)13-17-14-30-21(24-17)16-11-7-4-8-12-16/h3-12,14H,2,13H2,1H3,(H,25,26,27). The second-order valence-corrected chi connectivity index (χ2v) is 7.52. The van der Waals surface area contributed by atoms with Gasteiger partial charge in [-0.25, -0.2) is 14.8 Å². The van der Waals surface area contributed by atoms with Gasteiger partial charge in [0.25, 0.3) is 0 Å². The fourth-order valence-electron chi connectivity index (χ4n) is 2.93. The zero-order chi connectivity index (χ0) is 21.6. The number of rotatable bonds is 7. The number of thiazole rings is 1. The molecule has 0 unspecified atom stereocenters. The fourth-order valence-corrected chi connectivity index (χ4v) is 3.83. The Morgan fingerprint density at radius 3 is 2.35 bits per heavy atom. The van der Waals surface area contributed by atoms with E-state index in [0.717, 1.165) is 22.5 Å². The first-order chi connectivity index (χ1) is 15.1. The molecule has 2 aromatic heterocycles. The van der Waals surface area contributed by atoms with Gasteiger partial charge in [-0.2, -0.15) is 0 Å². The quantitative estimate of drug-likeness (QED) is 0.420. The predicted octanol–water partition coefficient (Wildman–Crippen LogP) is 4.82. The Hall–Kier alpha value is -3.78. The van der Waals surface area contributed by atoms with Crippen LogP contribution in [0, 0.1) is 0 Å². The number of esters is 1. The summed E-state index contributed by atoms with van der Waals surface area (Å²) in [5.74, 6) is -0.325. The third-order valence-corrected chi connectivity index (χ3v) is 5.25. The number of hydrogen-bond donors (Lipinski definition) is 1. The third kappa shape index (κ3) is 4.87. The molecular formula is C23H19N3O4S. The minimum absolute atomic E-state index is 0.0192. The van der Waals surface area contributed by atoms with Gasteiger partial charge in [0.15, 0.2) is 5.13 Å². The van der Waals surface area contributed by atoms with Gasteiger partial charge < -0.3 is 14.5 Å². The number of nitrogens with zero attached hydrogens (tertiary/aromatic N) is 2. The molecule has 1 amide bonds. The Bertz CT molecular complexity index is 1190. The number of anilines is 1. The van der Waals surface area contributed by atoms with Crippen LogP contribution in [-0.4, -0.2) is 28.5 Å². The minimum atomic E-state index is -0.469. The smallest absolute Gasteiger partial charge is 0.350 e. The second kappa shape index (κ2) is 9.36. The van der Waals surface area contributed by atoms with E-state index in [-0.39, 0.29) is 18.9 Å². The molecular weight excluding hydrogens is 414 g/mol. The lowest BCUT2D eigenvalue weighted by Crippen LogP contribution is -2.14. The van der Waals surface area contributed by atoms with Crippen molar-refractivity contribution in [3.8, 4) is 22.7 Å². The van der Waals surface area contributed by atoms with Crippen LogP contribution in [0.2, 0.25) is 0 Å². The molecule has 0 spiro atoms. The maximum Gasteiger partial charge on any atom is 0.350 e. The molecule has 2 aromatic carbocycles. The molecule has 0 aliphatic carbocycles. The summed E-state index contributed by atoms with van der Waals surface area (Å²) in [5.41, 5.74) is 2.58. The average molecular weight is 433 g/mol. The topological polar surface area (TPSA) is 94.3 Å². The summed E-state index contributed by atoms with van der Waals surface area (Å²) in [6, 6.07) is 18.7. The van der Waals surface area contributed by atoms with E-state index in [9.17, 15) is 9.59 Å². The van der Waals surface area contributed by atoms with Gasteiger partial charge >= 0.3 is 5.97 Å². The summed E-state index contributed by atoms with van der Waals surface area (Å²) in [5, 5.41) is 3.06. The summed E-state index contributed by atoms with van der Waals surface area (Å²) >= 11 is 1.08. The van der Waals surface area contributed by atoms with Crippen molar-refractivity contribution in [1.82, 2.24) is 9.97 Å². The van der Waals surface area contributed by atoms with Crippen LogP contribution in [-0.2, 0) is 16.0 Å². The predicted molar refractivity (Wildman–Crippen MR) is 118 cm³/mol. The molecule has 8 heteroatoms. The van der Waals surface area contributed by atoms with Gasteiger partial charge in [-0.15, -0.1) is 0 Å². The van der Waals surface area contributed by atoms with E-state index in [0.29, 0.717) is 27.3 Å². The molecule has 156 valence electrons. The first-order valence-corrected chi connectivity index (χ1v) is 10.5. The summed E-state index contributed by atoms with van der Waals surface area (Å²) in [4.78, 5) is 34.1. The first-order valence-electron chi connectivity index (χ1n) is 9.67.